The molecule has 0 aliphatic carbocycles. The molecule has 0 radical (unpaired) electrons. The van der Waals surface area contributed by atoms with Gasteiger partial charge >= 0.3 is 0 Å². The van der Waals surface area contributed by atoms with E-state index < -0.39 is 11.8 Å². The summed E-state index contributed by atoms with van der Waals surface area (Å²) in [5.41, 5.74) is 7.17. The van der Waals surface area contributed by atoms with Crippen LogP contribution in [-0.4, -0.2) is 17.7 Å². The third-order valence-electron chi connectivity index (χ3n) is 4.06. The zero-order valence-electron chi connectivity index (χ0n) is 15.2. The van der Waals surface area contributed by atoms with Crippen molar-refractivity contribution in [3.63, 3.8) is 0 Å². The largest absolute Gasteiger partial charge is 0.459 e. The molecule has 3 aromatic rings. The standard InChI is InChI=1S/C21H19N3O4/c1-2-14-5-7-15(8-6-14)19(25)23-24-20(26)16-9-11-17(12-10-16)22-21(27)18-4-3-13-28-18/h3-13H,2H2,1H3,(H,22,27)(H,23,25)(H,24,26). The Balaban J connectivity index is 1.54. The van der Waals surface area contributed by atoms with Crippen LogP contribution in [-0.2, 0) is 6.42 Å². The number of aryl methyl sites for hydroxylation is 1. The van der Waals surface area contributed by atoms with Crippen molar-refractivity contribution in [1.29, 1.82) is 0 Å². The zero-order chi connectivity index (χ0) is 19.9. The lowest BCUT2D eigenvalue weighted by molar-refractivity contribution is 0.0846. The summed E-state index contributed by atoms with van der Waals surface area (Å²) in [6.45, 7) is 2.03. The molecule has 0 saturated heterocycles. The number of carbonyl (C=O) groups excluding carboxylic acids is 3. The van der Waals surface area contributed by atoms with Crippen molar-refractivity contribution in [3.8, 4) is 0 Å². The molecule has 1 aromatic heterocycles. The van der Waals surface area contributed by atoms with Crippen molar-refractivity contribution in [2.24, 2.45) is 0 Å². The van der Waals surface area contributed by atoms with Crippen LogP contribution >= 0.6 is 0 Å². The Morgan fingerprint density at radius 2 is 1.36 bits per heavy atom. The highest BCUT2D eigenvalue weighted by Gasteiger charge is 2.11. The fraction of sp³-hybridized carbons (Fsp3) is 0.0952. The summed E-state index contributed by atoms with van der Waals surface area (Å²) in [6.07, 6.45) is 2.30. The average Bonchev–Trinajstić information content (AvgIpc) is 3.27. The number of hydrogen-bond acceptors (Lipinski definition) is 4. The lowest BCUT2D eigenvalue weighted by Crippen LogP contribution is -2.41. The van der Waals surface area contributed by atoms with Crippen LogP contribution in [0.25, 0.3) is 0 Å². The number of benzene rings is 2. The van der Waals surface area contributed by atoms with Gasteiger partial charge in [-0.2, -0.15) is 0 Å². The highest BCUT2D eigenvalue weighted by Crippen LogP contribution is 2.12. The van der Waals surface area contributed by atoms with Crippen molar-refractivity contribution in [1.82, 2.24) is 10.9 Å². The number of nitrogens with one attached hydrogen (secondary N) is 3. The van der Waals surface area contributed by atoms with E-state index in [4.69, 9.17) is 4.42 Å². The van der Waals surface area contributed by atoms with Crippen LogP contribution in [0.2, 0.25) is 0 Å². The Labute approximate surface area is 161 Å². The number of amides is 3. The van der Waals surface area contributed by atoms with Crippen LogP contribution in [0.3, 0.4) is 0 Å². The summed E-state index contributed by atoms with van der Waals surface area (Å²) in [5, 5.41) is 2.66. The SMILES string of the molecule is CCc1ccc(C(=O)NNC(=O)c2ccc(NC(=O)c3ccco3)cc2)cc1. The predicted octanol–water partition coefficient (Wildman–Crippen LogP) is 3.17. The summed E-state index contributed by atoms with van der Waals surface area (Å²) in [7, 11) is 0. The first-order valence-electron chi connectivity index (χ1n) is 8.71. The molecule has 7 nitrogen and oxygen atoms in total. The molecule has 7 heteroatoms. The van der Waals surface area contributed by atoms with E-state index in [1.54, 1.807) is 36.4 Å². The second-order valence-corrected chi connectivity index (χ2v) is 5.97. The molecule has 3 amide bonds. The molecule has 0 unspecified atom stereocenters. The van der Waals surface area contributed by atoms with E-state index in [0.29, 0.717) is 16.8 Å². The van der Waals surface area contributed by atoms with Gasteiger partial charge in [-0.3, -0.25) is 25.2 Å². The lowest BCUT2D eigenvalue weighted by Gasteiger charge is -2.09. The van der Waals surface area contributed by atoms with Gasteiger partial charge in [-0.25, -0.2) is 0 Å². The first kappa shape index (κ1) is 18.9. The molecule has 1 heterocycles. The number of carbonyl (C=O) groups is 3. The van der Waals surface area contributed by atoms with Crippen LogP contribution in [0.4, 0.5) is 5.69 Å². The Bertz CT molecular complexity index is 962. The maximum atomic E-state index is 12.2. The lowest BCUT2D eigenvalue weighted by atomic mass is 10.1. The molecule has 0 aliphatic heterocycles. The first-order chi connectivity index (χ1) is 13.6. The molecule has 0 aliphatic rings. The van der Waals surface area contributed by atoms with Crippen molar-refractivity contribution >= 4 is 23.4 Å². The predicted molar refractivity (Wildman–Crippen MR) is 104 cm³/mol. The third kappa shape index (κ3) is 4.64. The van der Waals surface area contributed by atoms with Gasteiger partial charge in [-0.05, 0) is 60.5 Å². The van der Waals surface area contributed by atoms with E-state index >= 15 is 0 Å². The second kappa shape index (κ2) is 8.68. The normalized spacial score (nSPS) is 10.2. The molecule has 2 aromatic carbocycles. The van der Waals surface area contributed by atoms with Gasteiger partial charge in [0.2, 0.25) is 0 Å². The molecular formula is C21H19N3O4. The zero-order valence-corrected chi connectivity index (χ0v) is 15.2. The van der Waals surface area contributed by atoms with E-state index in [1.165, 1.54) is 18.4 Å². The first-order valence-corrected chi connectivity index (χ1v) is 8.71. The molecular weight excluding hydrogens is 358 g/mol. The topological polar surface area (TPSA) is 100 Å². The van der Waals surface area contributed by atoms with Crippen molar-refractivity contribution < 1.29 is 18.8 Å². The Morgan fingerprint density at radius 1 is 0.786 bits per heavy atom. The molecule has 3 N–H and O–H groups in total. The van der Waals surface area contributed by atoms with Gasteiger partial charge in [-0.15, -0.1) is 0 Å². The fourth-order valence-electron chi connectivity index (χ4n) is 2.46. The van der Waals surface area contributed by atoms with Gasteiger partial charge in [-0.1, -0.05) is 19.1 Å². The Hall–Kier alpha value is -3.87. The average molecular weight is 377 g/mol. The monoisotopic (exact) mass is 377 g/mol. The molecule has 0 atom stereocenters. The smallest absolute Gasteiger partial charge is 0.291 e. The van der Waals surface area contributed by atoms with Gasteiger partial charge in [0.05, 0.1) is 6.26 Å². The minimum atomic E-state index is -0.470. The van der Waals surface area contributed by atoms with E-state index in [9.17, 15) is 14.4 Å². The molecule has 0 saturated carbocycles. The quantitative estimate of drug-likeness (QED) is 0.595. The van der Waals surface area contributed by atoms with Crippen molar-refractivity contribution in [3.05, 3.63) is 89.4 Å². The van der Waals surface area contributed by atoms with Crippen molar-refractivity contribution in [2.75, 3.05) is 5.32 Å². The highest BCUT2D eigenvalue weighted by atomic mass is 16.3. The summed E-state index contributed by atoms with van der Waals surface area (Å²) < 4.78 is 5.02. The number of rotatable bonds is 5. The summed E-state index contributed by atoms with van der Waals surface area (Å²) in [5.74, 6) is -1.07. The maximum absolute atomic E-state index is 12.2. The molecule has 0 fully saturated rings. The van der Waals surface area contributed by atoms with Crippen LogP contribution in [0, 0.1) is 0 Å². The van der Waals surface area contributed by atoms with Crippen molar-refractivity contribution in [2.45, 2.75) is 13.3 Å². The second-order valence-electron chi connectivity index (χ2n) is 5.97. The Kier molecular flexibility index (Phi) is 5.86. The highest BCUT2D eigenvalue weighted by molar-refractivity contribution is 6.03. The van der Waals surface area contributed by atoms with Crippen LogP contribution in [0.1, 0.15) is 43.8 Å². The summed E-state index contributed by atoms with van der Waals surface area (Å²) in [6, 6.07) is 16.6. The molecule has 142 valence electrons. The number of hydrazine groups is 1. The minimum Gasteiger partial charge on any atom is -0.459 e. The van der Waals surface area contributed by atoms with E-state index in [1.807, 2.05) is 19.1 Å². The van der Waals surface area contributed by atoms with Gasteiger partial charge in [0.15, 0.2) is 5.76 Å². The van der Waals surface area contributed by atoms with Gasteiger partial charge in [0.25, 0.3) is 17.7 Å². The fourth-order valence-corrected chi connectivity index (χ4v) is 2.46. The minimum absolute atomic E-state index is 0.191. The van der Waals surface area contributed by atoms with E-state index in [2.05, 4.69) is 16.2 Å². The number of hydrogen-bond donors (Lipinski definition) is 3. The number of anilines is 1. The van der Waals surface area contributed by atoms with Gasteiger partial charge in [0.1, 0.15) is 0 Å². The molecule has 28 heavy (non-hydrogen) atoms. The molecule has 3 rings (SSSR count). The van der Waals surface area contributed by atoms with Gasteiger partial charge in [0, 0.05) is 16.8 Å². The third-order valence-corrected chi connectivity index (χ3v) is 4.06. The number of furan rings is 1. The van der Waals surface area contributed by atoms with Crippen LogP contribution in [0.15, 0.2) is 71.3 Å². The van der Waals surface area contributed by atoms with E-state index in [0.717, 1.165) is 12.0 Å². The van der Waals surface area contributed by atoms with E-state index in [-0.39, 0.29) is 11.7 Å². The van der Waals surface area contributed by atoms with Crippen LogP contribution in [0.5, 0.6) is 0 Å². The molecule has 0 spiro atoms. The molecule has 0 bridgehead atoms. The summed E-state index contributed by atoms with van der Waals surface area (Å²) in [4.78, 5) is 36.2. The Morgan fingerprint density at radius 3 is 1.86 bits per heavy atom. The maximum Gasteiger partial charge on any atom is 0.291 e. The van der Waals surface area contributed by atoms with Gasteiger partial charge < -0.3 is 9.73 Å². The van der Waals surface area contributed by atoms with Crippen LogP contribution < -0.4 is 16.2 Å². The summed E-state index contributed by atoms with van der Waals surface area (Å²) >= 11 is 0.